The van der Waals surface area contributed by atoms with E-state index in [1.807, 2.05) is 68.7 Å². The van der Waals surface area contributed by atoms with E-state index in [9.17, 15) is 4.79 Å². The molecule has 0 spiro atoms. The first kappa shape index (κ1) is 22.1. The van der Waals surface area contributed by atoms with Crippen molar-refractivity contribution < 1.29 is 14.3 Å². The number of ketones is 1. The van der Waals surface area contributed by atoms with E-state index in [2.05, 4.69) is 10.2 Å². The lowest BCUT2D eigenvalue weighted by molar-refractivity contribution is 0.0977. The van der Waals surface area contributed by atoms with Crippen molar-refractivity contribution in [2.24, 2.45) is 0 Å². The van der Waals surface area contributed by atoms with Gasteiger partial charge in [-0.15, -0.1) is 0 Å². The van der Waals surface area contributed by atoms with Crippen LogP contribution >= 0.6 is 0 Å². The molecule has 2 aromatic rings. The van der Waals surface area contributed by atoms with E-state index in [0.717, 1.165) is 25.3 Å². The first-order chi connectivity index (χ1) is 13.6. The van der Waals surface area contributed by atoms with E-state index in [1.54, 1.807) is 0 Å². The molecule has 0 bridgehead atoms. The van der Waals surface area contributed by atoms with Crippen LogP contribution in [0, 0.1) is 0 Å². The molecule has 0 aliphatic carbocycles. The molecule has 2 rings (SSSR count). The van der Waals surface area contributed by atoms with Crippen LogP contribution in [-0.2, 0) is 11.3 Å². The highest BCUT2D eigenvalue weighted by atomic mass is 16.5. The molecule has 152 valence electrons. The lowest BCUT2D eigenvalue weighted by atomic mass is 10.1. The zero-order valence-electron chi connectivity index (χ0n) is 17.0. The summed E-state index contributed by atoms with van der Waals surface area (Å²) in [5.74, 6) is 0.878. The molecule has 0 amide bonds. The van der Waals surface area contributed by atoms with Gasteiger partial charge in [-0.05, 0) is 38.2 Å². The lowest BCUT2D eigenvalue weighted by Crippen LogP contribution is -2.22. The summed E-state index contributed by atoms with van der Waals surface area (Å²) in [6.45, 7) is 4.25. The lowest BCUT2D eigenvalue weighted by Gasteiger charge is -2.11. The molecule has 0 aliphatic heterocycles. The third kappa shape index (κ3) is 9.13. The van der Waals surface area contributed by atoms with Gasteiger partial charge in [0.1, 0.15) is 5.75 Å². The van der Waals surface area contributed by atoms with Crippen molar-refractivity contribution in [2.45, 2.75) is 19.4 Å². The van der Waals surface area contributed by atoms with Crippen molar-refractivity contribution >= 4 is 5.78 Å². The highest BCUT2D eigenvalue weighted by molar-refractivity contribution is 5.96. The topological polar surface area (TPSA) is 50.8 Å². The number of rotatable bonds is 14. The van der Waals surface area contributed by atoms with Crippen molar-refractivity contribution in [3.05, 3.63) is 65.7 Å². The van der Waals surface area contributed by atoms with Gasteiger partial charge in [0.25, 0.3) is 0 Å². The quantitative estimate of drug-likeness (QED) is 0.400. The summed E-state index contributed by atoms with van der Waals surface area (Å²) in [7, 11) is 4.09. The number of nitrogens with zero attached hydrogens (tertiary/aromatic N) is 1. The Morgan fingerprint density at radius 2 is 1.82 bits per heavy atom. The second kappa shape index (κ2) is 13.0. The highest BCUT2D eigenvalue weighted by Crippen LogP contribution is 2.15. The first-order valence-electron chi connectivity index (χ1n) is 9.88. The monoisotopic (exact) mass is 384 g/mol. The van der Waals surface area contributed by atoms with E-state index in [-0.39, 0.29) is 5.78 Å². The van der Waals surface area contributed by atoms with E-state index in [4.69, 9.17) is 9.47 Å². The van der Waals surface area contributed by atoms with Crippen molar-refractivity contribution in [3.8, 4) is 5.75 Å². The maximum Gasteiger partial charge on any atom is 0.164 e. The molecule has 1 N–H and O–H groups in total. The Hall–Kier alpha value is -2.21. The minimum atomic E-state index is 0.122. The van der Waals surface area contributed by atoms with Gasteiger partial charge in [-0.1, -0.05) is 42.5 Å². The zero-order chi connectivity index (χ0) is 20.0. The number of Topliss-reactive ketones (excluding diaryl/α,β-unsaturated/α-hetero) is 1. The fourth-order valence-corrected chi connectivity index (χ4v) is 2.71. The van der Waals surface area contributed by atoms with Gasteiger partial charge in [-0.3, -0.25) is 4.79 Å². The molecule has 0 saturated heterocycles. The molecule has 5 nitrogen and oxygen atoms in total. The summed E-state index contributed by atoms with van der Waals surface area (Å²) < 4.78 is 11.4. The average molecular weight is 385 g/mol. The van der Waals surface area contributed by atoms with Gasteiger partial charge >= 0.3 is 0 Å². The molecule has 0 fully saturated rings. The Kier molecular flexibility index (Phi) is 10.3. The molecule has 0 radical (unpaired) electrons. The van der Waals surface area contributed by atoms with Gasteiger partial charge in [0.05, 0.1) is 19.8 Å². The largest absolute Gasteiger partial charge is 0.494 e. The standard InChI is InChI=1S/C23H32N2O3/c1-25(2)15-7-16-28-22-11-6-10-21(18-22)23(26)12-13-24-14-17-27-19-20-8-4-3-5-9-20/h3-6,8-11,18,24H,7,12-17,19H2,1-2H3. The second-order valence-electron chi connectivity index (χ2n) is 6.99. The molecule has 5 heteroatoms. The van der Waals surface area contributed by atoms with Crippen LogP contribution in [0.1, 0.15) is 28.8 Å². The first-order valence-corrected chi connectivity index (χ1v) is 9.88. The molecule has 0 unspecified atom stereocenters. The second-order valence-corrected chi connectivity index (χ2v) is 6.99. The van der Waals surface area contributed by atoms with Crippen LogP contribution in [0.3, 0.4) is 0 Å². The summed E-state index contributed by atoms with van der Waals surface area (Å²) in [5, 5.41) is 3.26. The van der Waals surface area contributed by atoms with Crippen LogP contribution in [0.2, 0.25) is 0 Å². The van der Waals surface area contributed by atoms with Crippen molar-refractivity contribution in [1.82, 2.24) is 10.2 Å². The Morgan fingerprint density at radius 3 is 2.61 bits per heavy atom. The number of hydrogen-bond acceptors (Lipinski definition) is 5. The Labute approximate surface area is 168 Å². The Balaban J connectivity index is 1.58. The maximum absolute atomic E-state index is 12.4. The van der Waals surface area contributed by atoms with Gasteiger partial charge in [-0.2, -0.15) is 0 Å². The average Bonchev–Trinajstić information content (AvgIpc) is 2.71. The van der Waals surface area contributed by atoms with Crippen LogP contribution < -0.4 is 10.1 Å². The smallest absolute Gasteiger partial charge is 0.164 e. The minimum absolute atomic E-state index is 0.122. The van der Waals surface area contributed by atoms with Gasteiger partial charge in [-0.25, -0.2) is 0 Å². The van der Waals surface area contributed by atoms with Crippen LogP contribution in [0.4, 0.5) is 0 Å². The number of nitrogens with one attached hydrogen (secondary N) is 1. The number of ether oxygens (including phenoxy) is 2. The molecular formula is C23H32N2O3. The van der Waals surface area contributed by atoms with Crippen LogP contribution in [-0.4, -0.2) is 57.6 Å². The van der Waals surface area contributed by atoms with Crippen LogP contribution in [0.5, 0.6) is 5.75 Å². The van der Waals surface area contributed by atoms with E-state index in [0.29, 0.717) is 38.3 Å². The normalized spacial score (nSPS) is 11.0. The molecule has 0 saturated carbocycles. The number of hydrogen-bond donors (Lipinski definition) is 1. The minimum Gasteiger partial charge on any atom is -0.494 e. The van der Waals surface area contributed by atoms with E-state index >= 15 is 0 Å². The third-order valence-electron chi connectivity index (χ3n) is 4.24. The number of carbonyl (C=O) groups excluding carboxylic acids is 1. The summed E-state index contributed by atoms with van der Waals surface area (Å²) >= 11 is 0. The molecular weight excluding hydrogens is 352 g/mol. The number of benzene rings is 2. The Morgan fingerprint density at radius 1 is 1.00 bits per heavy atom. The van der Waals surface area contributed by atoms with Crippen LogP contribution in [0.25, 0.3) is 0 Å². The summed E-state index contributed by atoms with van der Waals surface area (Å²) in [5.41, 5.74) is 1.87. The summed E-state index contributed by atoms with van der Waals surface area (Å²) in [6, 6.07) is 17.6. The zero-order valence-corrected chi connectivity index (χ0v) is 17.0. The molecule has 0 aromatic heterocycles. The summed E-state index contributed by atoms with van der Waals surface area (Å²) in [4.78, 5) is 14.5. The molecule has 0 atom stereocenters. The molecule has 2 aromatic carbocycles. The van der Waals surface area contributed by atoms with Gasteiger partial charge in [0.2, 0.25) is 0 Å². The van der Waals surface area contributed by atoms with Gasteiger partial charge in [0, 0.05) is 31.6 Å². The van der Waals surface area contributed by atoms with Crippen molar-refractivity contribution in [2.75, 3.05) is 46.9 Å². The fourth-order valence-electron chi connectivity index (χ4n) is 2.71. The maximum atomic E-state index is 12.4. The van der Waals surface area contributed by atoms with E-state index < -0.39 is 0 Å². The van der Waals surface area contributed by atoms with Crippen LogP contribution in [0.15, 0.2) is 54.6 Å². The third-order valence-corrected chi connectivity index (χ3v) is 4.24. The summed E-state index contributed by atoms with van der Waals surface area (Å²) in [6.07, 6.45) is 1.42. The fraction of sp³-hybridized carbons (Fsp3) is 0.435. The predicted molar refractivity (Wildman–Crippen MR) is 113 cm³/mol. The van der Waals surface area contributed by atoms with Gasteiger partial charge in [0.15, 0.2) is 5.78 Å². The van der Waals surface area contributed by atoms with E-state index in [1.165, 1.54) is 5.56 Å². The van der Waals surface area contributed by atoms with Crippen molar-refractivity contribution in [3.63, 3.8) is 0 Å². The predicted octanol–water partition coefficient (Wildman–Crippen LogP) is 3.40. The highest BCUT2D eigenvalue weighted by Gasteiger charge is 2.07. The van der Waals surface area contributed by atoms with Gasteiger partial charge < -0.3 is 19.7 Å². The Bertz CT molecular complexity index is 689. The molecule has 0 heterocycles. The SMILES string of the molecule is CN(C)CCCOc1cccc(C(=O)CCNCCOCc2ccccc2)c1. The number of carbonyl (C=O) groups is 1. The molecule has 0 aliphatic rings. The molecule has 28 heavy (non-hydrogen) atoms. The van der Waals surface area contributed by atoms with Crippen molar-refractivity contribution in [1.29, 1.82) is 0 Å².